The molecule has 1 heterocycles. The third-order valence-electron chi connectivity index (χ3n) is 2.84. The summed E-state index contributed by atoms with van der Waals surface area (Å²) in [4.78, 5) is 26.0. The quantitative estimate of drug-likeness (QED) is 0.641. The molecule has 1 aromatic carbocycles. The summed E-state index contributed by atoms with van der Waals surface area (Å²) in [5, 5.41) is 14.1. The molecular weight excluding hydrogens is 331 g/mol. The number of pyridine rings is 1. The molecule has 0 bridgehead atoms. The Morgan fingerprint density at radius 2 is 1.91 bits per heavy atom. The molecule has 9 heteroatoms. The van der Waals surface area contributed by atoms with Crippen molar-refractivity contribution in [2.24, 2.45) is 5.73 Å². The van der Waals surface area contributed by atoms with Gasteiger partial charge >= 0.3 is 5.69 Å². The van der Waals surface area contributed by atoms with Crippen LogP contribution in [0.3, 0.4) is 0 Å². The second kappa shape index (κ2) is 6.59. The summed E-state index contributed by atoms with van der Waals surface area (Å²) in [6, 6.07) is 6.18. The van der Waals surface area contributed by atoms with E-state index in [-0.39, 0.29) is 27.1 Å². The van der Waals surface area contributed by atoms with Crippen LogP contribution >= 0.6 is 23.2 Å². The van der Waals surface area contributed by atoms with Crippen molar-refractivity contribution in [3.05, 3.63) is 62.3 Å². The van der Waals surface area contributed by atoms with E-state index in [4.69, 9.17) is 28.9 Å². The Balaban J connectivity index is 2.48. The lowest BCUT2D eigenvalue weighted by Crippen LogP contribution is -2.29. The molecule has 22 heavy (non-hydrogen) atoms. The standard InChI is InChI=1S/C13H10Cl2N4O3/c14-7-3-1-4-8(15)10(7)11(12(16)20)18-13-9(19(21)22)5-2-6-17-13/h1-6,11H,(H2,16,20)(H,17,18). The smallest absolute Gasteiger partial charge is 0.311 e. The number of hydrogen-bond donors (Lipinski definition) is 2. The van der Waals surface area contributed by atoms with Crippen LogP contribution in [-0.4, -0.2) is 15.8 Å². The highest BCUT2D eigenvalue weighted by atomic mass is 35.5. The Morgan fingerprint density at radius 3 is 2.45 bits per heavy atom. The van der Waals surface area contributed by atoms with Crippen LogP contribution in [0.25, 0.3) is 0 Å². The van der Waals surface area contributed by atoms with Gasteiger partial charge in [-0.3, -0.25) is 14.9 Å². The van der Waals surface area contributed by atoms with Gasteiger partial charge in [0.1, 0.15) is 6.04 Å². The predicted molar refractivity (Wildman–Crippen MR) is 82.9 cm³/mol. The maximum Gasteiger partial charge on any atom is 0.311 e. The van der Waals surface area contributed by atoms with Gasteiger partial charge in [0.05, 0.1) is 4.92 Å². The molecule has 1 atom stereocenters. The van der Waals surface area contributed by atoms with E-state index in [2.05, 4.69) is 10.3 Å². The number of primary amides is 1. The van der Waals surface area contributed by atoms with Gasteiger partial charge in [0.25, 0.3) is 0 Å². The van der Waals surface area contributed by atoms with E-state index in [1.165, 1.54) is 30.5 Å². The Hall–Kier alpha value is -2.38. The van der Waals surface area contributed by atoms with E-state index in [0.29, 0.717) is 0 Å². The fourth-order valence-corrected chi connectivity index (χ4v) is 2.48. The molecule has 0 radical (unpaired) electrons. The number of amides is 1. The number of rotatable bonds is 5. The molecule has 1 aromatic heterocycles. The van der Waals surface area contributed by atoms with Crippen molar-refractivity contribution >= 4 is 40.6 Å². The van der Waals surface area contributed by atoms with Gasteiger partial charge in [-0.25, -0.2) is 4.98 Å². The average molecular weight is 341 g/mol. The van der Waals surface area contributed by atoms with Crippen molar-refractivity contribution in [1.29, 1.82) is 0 Å². The Labute approximate surface area is 135 Å². The second-order valence-corrected chi connectivity index (χ2v) is 5.06. The number of carbonyl (C=O) groups is 1. The number of nitrogens with two attached hydrogens (primary N) is 1. The average Bonchev–Trinajstić information content (AvgIpc) is 2.46. The molecule has 0 aliphatic heterocycles. The van der Waals surface area contributed by atoms with Crippen LogP contribution in [0.4, 0.5) is 11.5 Å². The van der Waals surface area contributed by atoms with Gasteiger partial charge in [-0.1, -0.05) is 29.3 Å². The Morgan fingerprint density at radius 1 is 1.27 bits per heavy atom. The normalized spacial score (nSPS) is 11.7. The molecule has 1 unspecified atom stereocenters. The number of benzene rings is 1. The van der Waals surface area contributed by atoms with Gasteiger partial charge in [-0.05, 0) is 18.2 Å². The van der Waals surface area contributed by atoms with E-state index in [1.807, 2.05) is 0 Å². The van der Waals surface area contributed by atoms with Crippen molar-refractivity contribution in [3.8, 4) is 0 Å². The van der Waals surface area contributed by atoms with Gasteiger partial charge in [-0.2, -0.15) is 0 Å². The van der Waals surface area contributed by atoms with E-state index in [0.717, 1.165) is 0 Å². The summed E-state index contributed by atoms with van der Waals surface area (Å²) >= 11 is 12.1. The SMILES string of the molecule is NC(=O)C(Nc1ncccc1[N+](=O)[O-])c1c(Cl)cccc1Cl. The number of halogens is 2. The molecule has 2 rings (SSSR count). The molecular formula is C13H10Cl2N4O3. The van der Waals surface area contributed by atoms with Gasteiger partial charge in [0.15, 0.2) is 0 Å². The lowest BCUT2D eigenvalue weighted by atomic mass is 10.1. The van der Waals surface area contributed by atoms with Crippen LogP contribution in [0, 0.1) is 10.1 Å². The van der Waals surface area contributed by atoms with Gasteiger partial charge in [0, 0.05) is 27.9 Å². The minimum Gasteiger partial charge on any atom is -0.368 e. The van der Waals surface area contributed by atoms with E-state index >= 15 is 0 Å². The first-order valence-corrected chi connectivity index (χ1v) is 6.76. The molecule has 0 saturated carbocycles. The molecule has 2 aromatic rings. The fraction of sp³-hybridized carbons (Fsp3) is 0.0769. The van der Waals surface area contributed by atoms with E-state index < -0.39 is 16.9 Å². The highest BCUT2D eigenvalue weighted by molar-refractivity contribution is 6.36. The van der Waals surface area contributed by atoms with Crippen LogP contribution < -0.4 is 11.1 Å². The lowest BCUT2D eigenvalue weighted by molar-refractivity contribution is -0.384. The molecule has 7 nitrogen and oxygen atoms in total. The van der Waals surface area contributed by atoms with E-state index in [9.17, 15) is 14.9 Å². The van der Waals surface area contributed by atoms with E-state index in [1.54, 1.807) is 6.07 Å². The van der Waals surface area contributed by atoms with Crippen molar-refractivity contribution in [2.45, 2.75) is 6.04 Å². The van der Waals surface area contributed by atoms with Crippen LogP contribution in [0.15, 0.2) is 36.5 Å². The number of anilines is 1. The van der Waals surface area contributed by atoms with Gasteiger partial charge in [0.2, 0.25) is 11.7 Å². The minimum absolute atomic E-state index is 0.104. The number of aromatic nitrogens is 1. The largest absolute Gasteiger partial charge is 0.368 e. The van der Waals surface area contributed by atoms with Crippen LogP contribution in [0.5, 0.6) is 0 Å². The lowest BCUT2D eigenvalue weighted by Gasteiger charge is -2.18. The highest BCUT2D eigenvalue weighted by Crippen LogP contribution is 2.33. The number of nitro groups is 1. The first kappa shape index (κ1) is 16.0. The van der Waals surface area contributed by atoms with Gasteiger partial charge in [-0.15, -0.1) is 0 Å². The fourth-order valence-electron chi connectivity index (χ4n) is 1.86. The zero-order valence-corrected chi connectivity index (χ0v) is 12.5. The summed E-state index contributed by atoms with van der Waals surface area (Å²) in [6.07, 6.45) is 1.35. The van der Waals surface area contributed by atoms with Crippen LogP contribution in [-0.2, 0) is 4.79 Å². The number of nitrogens with zero attached hydrogens (tertiary/aromatic N) is 2. The van der Waals surface area contributed by atoms with Crippen molar-refractivity contribution in [1.82, 2.24) is 4.98 Å². The number of nitrogens with one attached hydrogen (secondary N) is 1. The molecule has 0 aliphatic rings. The Kier molecular flexibility index (Phi) is 4.79. The maximum atomic E-state index is 11.7. The molecule has 0 fully saturated rings. The summed E-state index contributed by atoms with van der Waals surface area (Å²) in [5.41, 5.74) is 5.30. The van der Waals surface area contributed by atoms with Crippen molar-refractivity contribution in [3.63, 3.8) is 0 Å². The summed E-state index contributed by atoms with van der Waals surface area (Å²) in [5.74, 6) is -0.901. The first-order chi connectivity index (χ1) is 10.4. The van der Waals surface area contributed by atoms with Gasteiger partial charge < -0.3 is 11.1 Å². The molecule has 0 spiro atoms. The molecule has 114 valence electrons. The summed E-state index contributed by atoms with van der Waals surface area (Å²) in [7, 11) is 0. The van der Waals surface area contributed by atoms with Crippen LogP contribution in [0.1, 0.15) is 11.6 Å². The topological polar surface area (TPSA) is 111 Å². The van der Waals surface area contributed by atoms with Crippen molar-refractivity contribution in [2.75, 3.05) is 5.32 Å². The zero-order valence-electron chi connectivity index (χ0n) is 11.0. The summed E-state index contributed by atoms with van der Waals surface area (Å²) in [6.45, 7) is 0. The second-order valence-electron chi connectivity index (χ2n) is 4.24. The molecule has 3 N–H and O–H groups in total. The highest BCUT2D eigenvalue weighted by Gasteiger charge is 2.26. The minimum atomic E-state index is -1.16. The summed E-state index contributed by atoms with van der Waals surface area (Å²) < 4.78 is 0. The van der Waals surface area contributed by atoms with Crippen molar-refractivity contribution < 1.29 is 9.72 Å². The van der Waals surface area contributed by atoms with Crippen LogP contribution in [0.2, 0.25) is 10.0 Å². The molecule has 1 amide bonds. The number of hydrogen-bond acceptors (Lipinski definition) is 5. The molecule has 0 aliphatic carbocycles. The third-order valence-corrected chi connectivity index (χ3v) is 3.50. The first-order valence-electron chi connectivity index (χ1n) is 6.01. The Bertz CT molecular complexity index is 719. The zero-order chi connectivity index (χ0) is 16.3. The maximum absolute atomic E-state index is 11.7. The molecule has 0 saturated heterocycles. The number of carbonyl (C=O) groups excluding carboxylic acids is 1. The third kappa shape index (κ3) is 3.26. The monoisotopic (exact) mass is 340 g/mol. The predicted octanol–water partition coefficient (Wildman–Crippen LogP) is 2.94.